The van der Waals surface area contributed by atoms with Crippen LogP contribution in [0.4, 0.5) is 10.1 Å². The Labute approximate surface area is 132 Å². The molecule has 21 heavy (non-hydrogen) atoms. The lowest BCUT2D eigenvalue weighted by Gasteiger charge is -2.18. The molecule has 0 radical (unpaired) electrons. The molecule has 6 heteroatoms. The topological polar surface area (TPSA) is 46.3 Å². The Hall–Kier alpha value is -1.78. The number of halogens is 3. The first kappa shape index (κ1) is 15.6. The molecule has 0 heterocycles. The largest absolute Gasteiger partial charge is 0.396 e. The summed E-state index contributed by atoms with van der Waals surface area (Å²) < 4.78 is 13.4. The first-order chi connectivity index (χ1) is 9.88. The maximum atomic E-state index is 13.4. The number of rotatable bonds is 3. The molecule has 0 atom stereocenters. The molecule has 1 amide bonds. The first-order valence-electron chi connectivity index (χ1n) is 6.13. The summed E-state index contributed by atoms with van der Waals surface area (Å²) >= 11 is 11.8. The predicted octanol–water partition coefficient (Wildman–Crippen LogP) is 3.99. The van der Waals surface area contributed by atoms with Crippen molar-refractivity contribution in [1.82, 2.24) is 4.90 Å². The van der Waals surface area contributed by atoms with E-state index in [0.29, 0.717) is 16.6 Å². The second-order valence-corrected chi connectivity index (χ2v) is 5.46. The molecular weight excluding hydrogens is 314 g/mol. The van der Waals surface area contributed by atoms with Gasteiger partial charge in [0.25, 0.3) is 5.91 Å². The van der Waals surface area contributed by atoms with Gasteiger partial charge in [-0.2, -0.15) is 0 Å². The van der Waals surface area contributed by atoms with Gasteiger partial charge in [-0.25, -0.2) is 4.39 Å². The summed E-state index contributed by atoms with van der Waals surface area (Å²) in [5.41, 5.74) is 6.47. The number of nitrogens with zero attached hydrogens (tertiary/aromatic N) is 1. The van der Waals surface area contributed by atoms with Crippen molar-refractivity contribution in [3.8, 4) is 0 Å². The third kappa shape index (κ3) is 3.65. The van der Waals surface area contributed by atoms with Crippen molar-refractivity contribution >= 4 is 34.8 Å². The molecule has 2 aromatic carbocycles. The van der Waals surface area contributed by atoms with Gasteiger partial charge in [0.1, 0.15) is 5.82 Å². The van der Waals surface area contributed by atoms with Crippen molar-refractivity contribution in [3.05, 3.63) is 63.4 Å². The molecule has 0 saturated carbocycles. The zero-order valence-corrected chi connectivity index (χ0v) is 12.7. The smallest absolute Gasteiger partial charge is 0.254 e. The van der Waals surface area contributed by atoms with E-state index in [1.165, 1.54) is 17.0 Å². The van der Waals surface area contributed by atoms with Crippen LogP contribution < -0.4 is 5.73 Å². The van der Waals surface area contributed by atoms with Crippen LogP contribution in [-0.2, 0) is 6.54 Å². The second kappa shape index (κ2) is 6.33. The van der Waals surface area contributed by atoms with E-state index in [1.54, 1.807) is 25.2 Å². The Morgan fingerprint density at radius 2 is 1.90 bits per heavy atom. The summed E-state index contributed by atoms with van der Waals surface area (Å²) in [6.07, 6.45) is 0. The Bertz CT molecular complexity index is 691. The van der Waals surface area contributed by atoms with Gasteiger partial charge in [-0.1, -0.05) is 29.3 Å². The van der Waals surface area contributed by atoms with E-state index in [4.69, 9.17) is 28.9 Å². The molecule has 2 N–H and O–H groups in total. The molecule has 0 spiro atoms. The van der Waals surface area contributed by atoms with Gasteiger partial charge in [0.05, 0.1) is 15.7 Å². The highest BCUT2D eigenvalue weighted by Gasteiger charge is 2.14. The molecule has 0 aliphatic heterocycles. The number of amides is 1. The van der Waals surface area contributed by atoms with E-state index in [2.05, 4.69) is 0 Å². The Morgan fingerprint density at radius 1 is 1.19 bits per heavy atom. The number of nitrogen functional groups attached to an aromatic ring is 1. The molecule has 3 nitrogen and oxygen atoms in total. The number of hydrogen-bond acceptors (Lipinski definition) is 2. The Balaban J connectivity index is 2.15. The Morgan fingerprint density at radius 3 is 2.52 bits per heavy atom. The second-order valence-electron chi connectivity index (χ2n) is 4.65. The fourth-order valence-corrected chi connectivity index (χ4v) is 2.18. The highest BCUT2D eigenvalue weighted by atomic mass is 35.5. The molecule has 0 aromatic heterocycles. The number of carbonyl (C=O) groups is 1. The molecule has 2 aromatic rings. The van der Waals surface area contributed by atoms with Crippen LogP contribution in [-0.4, -0.2) is 17.9 Å². The van der Waals surface area contributed by atoms with Gasteiger partial charge in [0.15, 0.2) is 0 Å². The van der Waals surface area contributed by atoms with Crippen LogP contribution in [0.5, 0.6) is 0 Å². The lowest BCUT2D eigenvalue weighted by Crippen LogP contribution is -2.26. The van der Waals surface area contributed by atoms with Crippen LogP contribution in [0.3, 0.4) is 0 Å². The summed E-state index contributed by atoms with van der Waals surface area (Å²) in [4.78, 5) is 13.7. The standard InChI is InChI=1S/C15H13Cl2FN2O/c1-20(8-9-2-4-11(16)12(17)6-9)15(21)10-3-5-14(19)13(18)7-10/h2-7H,8,19H2,1H3. The first-order valence-corrected chi connectivity index (χ1v) is 6.88. The van der Waals surface area contributed by atoms with Crippen molar-refractivity contribution in [2.75, 3.05) is 12.8 Å². The van der Waals surface area contributed by atoms with Gasteiger partial charge < -0.3 is 10.6 Å². The van der Waals surface area contributed by atoms with Gasteiger partial charge >= 0.3 is 0 Å². The minimum absolute atomic E-state index is 0.0127. The average Bonchev–Trinajstić information content (AvgIpc) is 2.45. The van der Waals surface area contributed by atoms with E-state index in [0.717, 1.165) is 11.6 Å². The van der Waals surface area contributed by atoms with Gasteiger partial charge in [-0.15, -0.1) is 0 Å². The van der Waals surface area contributed by atoms with Crippen molar-refractivity contribution in [1.29, 1.82) is 0 Å². The lowest BCUT2D eigenvalue weighted by molar-refractivity contribution is 0.0784. The number of nitrogens with two attached hydrogens (primary N) is 1. The quantitative estimate of drug-likeness (QED) is 0.867. The molecule has 0 saturated heterocycles. The molecular formula is C15H13Cl2FN2O. The van der Waals surface area contributed by atoms with E-state index in [1.807, 2.05) is 0 Å². The van der Waals surface area contributed by atoms with Gasteiger partial charge in [0.2, 0.25) is 0 Å². The minimum atomic E-state index is -0.608. The number of anilines is 1. The van der Waals surface area contributed by atoms with Gasteiger partial charge in [-0.3, -0.25) is 4.79 Å². The minimum Gasteiger partial charge on any atom is -0.396 e. The van der Waals surface area contributed by atoms with Crippen LogP contribution in [0, 0.1) is 5.82 Å². The van der Waals surface area contributed by atoms with Crippen LogP contribution in [0.1, 0.15) is 15.9 Å². The highest BCUT2D eigenvalue weighted by Crippen LogP contribution is 2.23. The predicted molar refractivity (Wildman–Crippen MR) is 83.1 cm³/mol. The van der Waals surface area contributed by atoms with Gasteiger partial charge in [0, 0.05) is 19.2 Å². The maximum absolute atomic E-state index is 13.4. The lowest BCUT2D eigenvalue weighted by atomic mass is 10.1. The van der Waals surface area contributed by atoms with Crippen molar-refractivity contribution in [2.45, 2.75) is 6.54 Å². The maximum Gasteiger partial charge on any atom is 0.254 e. The van der Waals surface area contributed by atoms with Crippen molar-refractivity contribution in [3.63, 3.8) is 0 Å². The molecule has 0 aliphatic rings. The molecule has 0 bridgehead atoms. The number of carbonyl (C=O) groups excluding carboxylic acids is 1. The SMILES string of the molecule is CN(Cc1ccc(Cl)c(Cl)c1)C(=O)c1ccc(N)c(F)c1. The summed E-state index contributed by atoms with van der Waals surface area (Å²) in [5, 5.41) is 0.878. The molecule has 0 unspecified atom stereocenters. The number of hydrogen-bond donors (Lipinski definition) is 1. The summed E-state index contributed by atoms with van der Waals surface area (Å²) in [7, 11) is 1.62. The van der Waals surface area contributed by atoms with Crippen LogP contribution in [0.25, 0.3) is 0 Å². The molecule has 0 fully saturated rings. The van der Waals surface area contributed by atoms with E-state index >= 15 is 0 Å². The summed E-state index contributed by atoms with van der Waals surface area (Å²) in [6, 6.07) is 9.13. The van der Waals surface area contributed by atoms with E-state index in [9.17, 15) is 9.18 Å². The normalized spacial score (nSPS) is 10.5. The Kier molecular flexibility index (Phi) is 4.70. The molecule has 0 aliphatic carbocycles. The fraction of sp³-hybridized carbons (Fsp3) is 0.133. The molecule has 2 rings (SSSR count). The zero-order chi connectivity index (χ0) is 15.6. The van der Waals surface area contributed by atoms with Crippen LogP contribution in [0.15, 0.2) is 36.4 Å². The summed E-state index contributed by atoms with van der Waals surface area (Å²) in [6.45, 7) is 0.335. The van der Waals surface area contributed by atoms with Gasteiger partial charge in [-0.05, 0) is 35.9 Å². The van der Waals surface area contributed by atoms with Crippen LogP contribution in [0.2, 0.25) is 10.0 Å². The van der Waals surface area contributed by atoms with Crippen molar-refractivity contribution in [2.24, 2.45) is 0 Å². The third-order valence-corrected chi connectivity index (χ3v) is 3.74. The molecule has 110 valence electrons. The fourth-order valence-electron chi connectivity index (χ4n) is 1.86. The summed E-state index contributed by atoms with van der Waals surface area (Å²) in [5.74, 6) is -0.913. The third-order valence-electron chi connectivity index (χ3n) is 3.00. The van der Waals surface area contributed by atoms with Crippen molar-refractivity contribution < 1.29 is 9.18 Å². The zero-order valence-electron chi connectivity index (χ0n) is 11.2. The van der Waals surface area contributed by atoms with Crippen LogP contribution >= 0.6 is 23.2 Å². The van der Waals surface area contributed by atoms with E-state index < -0.39 is 5.82 Å². The monoisotopic (exact) mass is 326 g/mol. The highest BCUT2D eigenvalue weighted by molar-refractivity contribution is 6.42. The number of benzene rings is 2. The average molecular weight is 327 g/mol. The van der Waals surface area contributed by atoms with E-state index in [-0.39, 0.29) is 17.2 Å².